The number of carbonyl (C=O) groups excluding carboxylic acids is 5. The van der Waals surface area contributed by atoms with Gasteiger partial charge in [-0.15, -0.1) is 0 Å². The van der Waals surface area contributed by atoms with Crippen molar-refractivity contribution in [3.8, 4) is 0 Å². The highest BCUT2D eigenvalue weighted by Gasteiger charge is 2.49. The molecule has 2 heterocycles. The van der Waals surface area contributed by atoms with Gasteiger partial charge in [0.1, 0.15) is 0 Å². The van der Waals surface area contributed by atoms with Gasteiger partial charge in [-0.3, -0.25) is 24.1 Å². The Kier molecular flexibility index (Phi) is 4.72. The van der Waals surface area contributed by atoms with Crippen LogP contribution in [-0.2, 0) is 20.8 Å². The van der Waals surface area contributed by atoms with Crippen molar-refractivity contribution in [2.75, 3.05) is 18.5 Å². The molecule has 2 aliphatic heterocycles. The van der Waals surface area contributed by atoms with Crippen molar-refractivity contribution < 1.29 is 24.0 Å². The van der Waals surface area contributed by atoms with Crippen LogP contribution in [0, 0.1) is 5.92 Å². The molecule has 1 aromatic carbocycles. The highest BCUT2D eigenvalue weighted by Crippen LogP contribution is 2.32. The van der Waals surface area contributed by atoms with Gasteiger partial charge >= 0.3 is 17.8 Å². The van der Waals surface area contributed by atoms with E-state index in [-0.39, 0.29) is 24.3 Å². The Balaban J connectivity index is 1.52. The molecule has 0 N–H and O–H groups in total. The number of hydrogen-bond acceptors (Lipinski definition) is 5. The zero-order valence-corrected chi connectivity index (χ0v) is 16.5. The van der Waals surface area contributed by atoms with Crippen molar-refractivity contribution >= 4 is 35.2 Å². The standard InChI is InChI=1S/C21H23N3O5/c1-12-5-3-4-6-15(12)24-20(28)19(27)23(21(24)29)11-17(25)13-7-8-16-14(9-13)10-18(26)22(16)2/h7-9,12,15H,3-6,10-11H2,1-2H3/t12-,15-/m1/s1. The van der Waals surface area contributed by atoms with E-state index in [1.807, 2.05) is 6.92 Å². The van der Waals surface area contributed by atoms with Gasteiger partial charge in [0.15, 0.2) is 5.78 Å². The minimum absolute atomic E-state index is 0.0580. The summed E-state index contributed by atoms with van der Waals surface area (Å²) in [6.07, 6.45) is 3.74. The lowest BCUT2D eigenvalue weighted by Gasteiger charge is -2.34. The zero-order chi connectivity index (χ0) is 20.9. The van der Waals surface area contributed by atoms with Gasteiger partial charge in [0.25, 0.3) is 0 Å². The molecule has 2 fully saturated rings. The lowest BCUT2D eigenvalue weighted by molar-refractivity contribution is -0.144. The second kappa shape index (κ2) is 7.09. The minimum atomic E-state index is -0.947. The quantitative estimate of drug-likeness (QED) is 0.438. The van der Waals surface area contributed by atoms with Gasteiger partial charge < -0.3 is 4.90 Å². The molecular weight excluding hydrogens is 374 g/mol. The summed E-state index contributed by atoms with van der Waals surface area (Å²) >= 11 is 0. The molecule has 4 rings (SSSR count). The third-order valence-corrected chi connectivity index (χ3v) is 6.26. The van der Waals surface area contributed by atoms with E-state index in [2.05, 4.69) is 0 Å². The Labute approximate surface area is 168 Å². The monoisotopic (exact) mass is 397 g/mol. The molecule has 0 spiro atoms. The van der Waals surface area contributed by atoms with E-state index < -0.39 is 30.2 Å². The minimum Gasteiger partial charge on any atom is -0.315 e. The summed E-state index contributed by atoms with van der Waals surface area (Å²) in [5.74, 6) is -2.16. The van der Waals surface area contributed by atoms with E-state index in [1.54, 1.807) is 25.2 Å². The molecular formula is C21H23N3O5. The molecule has 0 aromatic heterocycles. The van der Waals surface area contributed by atoms with Crippen LogP contribution in [0.25, 0.3) is 0 Å². The van der Waals surface area contributed by atoms with E-state index in [9.17, 15) is 24.0 Å². The maximum absolute atomic E-state index is 12.8. The summed E-state index contributed by atoms with van der Waals surface area (Å²) in [6.45, 7) is 1.50. The van der Waals surface area contributed by atoms with Crippen LogP contribution in [0.5, 0.6) is 0 Å². The fraction of sp³-hybridized carbons (Fsp3) is 0.476. The Hall–Kier alpha value is -3.03. The molecule has 29 heavy (non-hydrogen) atoms. The van der Waals surface area contributed by atoms with Crippen molar-refractivity contribution in [1.29, 1.82) is 0 Å². The maximum Gasteiger partial charge on any atom is 0.334 e. The first-order valence-electron chi connectivity index (χ1n) is 9.91. The molecule has 1 aliphatic carbocycles. The molecule has 2 atom stereocenters. The van der Waals surface area contributed by atoms with Crippen LogP contribution in [0.1, 0.15) is 48.5 Å². The number of nitrogens with zero attached hydrogens (tertiary/aromatic N) is 3. The number of imide groups is 2. The number of anilines is 1. The Morgan fingerprint density at radius 2 is 1.79 bits per heavy atom. The molecule has 152 valence electrons. The summed E-state index contributed by atoms with van der Waals surface area (Å²) in [7, 11) is 1.67. The number of carbonyl (C=O) groups is 5. The Morgan fingerprint density at radius 3 is 2.52 bits per heavy atom. The van der Waals surface area contributed by atoms with Gasteiger partial charge in [0.05, 0.1) is 13.0 Å². The number of Topliss-reactive ketones (excluding diaryl/α,β-unsaturated/α-hetero) is 1. The zero-order valence-electron chi connectivity index (χ0n) is 16.5. The average Bonchev–Trinajstić information content (AvgIpc) is 3.10. The molecule has 1 aromatic rings. The summed E-state index contributed by atoms with van der Waals surface area (Å²) in [5.41, 5.74) is 1.79. The molecule has 0 bridgehead atoms. The SMILES string of the molecule is C[C@@H]1CCCC[C@H]1N1C(=O)C(=O)N(CC(=O)c2ccc3c(c2)CC(=O)N3C)C1=O. The van der Waals surface area contributed by atoms with E-state index in [1.165, 1.54) is 4.90 Å². The van der Waals surface area contributed by atoms with Crippen LogP contribution >= 0.6 is 0 Å². The normalized spacial score (nSPS) is 24.6. The predicted molar refractivity (Wildman–Crippen MR) is 103 cm³/mol. The lowest BCUT2D eigenvalue weighted by Crippen LogP contribution is -2.46. The van der Waals surface area contributed by atoms with Crippen LogP contribution in [0.4, 0.5) is 10.5 Å². The van der Waals surface area contributed by atoms with Crippen LogP contribution < -0.4 is 4.90 Å². The number of ketones is 1. The molecule has 1 saturated carbocycles. The molecule has 8 heteroatoms. The van der Waals surface area contributed by atoms with E-state index >= 15 is 0 Å². The van der Waals surface area contributed by atoms with E-state index in [0.717, 1.165) is 40.3 Å². The van der Waals surface area contributed by atoms with E-state index in [0.29, 0.717) is 12.0 Å². The fourth-order valence-electron chi connectivity index (χ4n) is 4.51. The molecule has 5 amide bonds. The molecule has 0 unspecified atom stereocenters. The van der Waals surface area contributed by atoms with Crippen molar-refractivity contribution in [3.63, 3.8) is 0 Å². The largest absolute Gasteiger partial charge is 0.334 e. The van der Waals surface area contributed by atoms with Crippen molar-refractivity contribution in [3.05, 3.63) is 29.3 Å². The van der Waals surface area contributed by atoms with Gasteiger partial charge in [-0.2, -0.15) is 0 Å². The van der Waals surface area contributed by atoms with Crippen LogP contribution in [0.2, 0.25) is 0 Å². The molecule has 1 saturated heterocycles. The first-order valence-corrected chi connectivity index (χ1v) is 9.91. The first-order chi connectivity index (χ1) is 13.8. The van der Waals surface area contributed by atoms with Crippen molar-refractivity contribution in [2.45, 2.75) is 45.1 Å². The van der Waals surface area contributed by atoms with Crippen LogP contribution in [0.3, 0.4) is 0 Å². The van der Waals surface area contributed by atoms with Gasteiger partial charge in [-0.05, 0) is 42.5 Å². The van der Waals surface area contributed by atoms with Crippen molar-refractivity contribution in [1.82, 2.24) is 9.80 Å². The first kappa shape index (κ1) is 19.3. The summed E-state index contributed by atoms with van der Waals surface area (Å²) in [4.78, 5) is 65.6. The smallest absolute Gasteiger partial charge is 0.315 e. The van der Waals surface area contributed by atoms with Gasteiger partial charge in [-0.1, -0.05) is 19.8 Å². The summed E-state index contributed by atoms with van der Waals surface area (Å²) in [5, 5.41) is 0. The number of amides is 5. The average molecular weight is 397 g/mol. The van der Waals surface area contributed by atoms with Crippen LogP contribution in [0.15, 0.2) is 18.2 Å². The highest BCUT2D eigenvalue weighted by molar-refractivity contribution is 6.45. The molecule has 3 aliphatic rings. The molecule has 0 radical (unpaired) electrons. The topological polar surface area (TPSA) is 95.1 Å². The third kappa shape index (κ3) is 3.12. The number of urea groups is 1. The molecule has 8 nitrogen and oxygen atoms in total. The fourth-order valence-corrected chi connectivity index (χ4v) is 4.51. The second-order valence-corrected chi connectivity index (χ2v) is 8.07. The number of fused-ring (bicyclic) bond motifs is 1. The van der Waals surface area contributed by atoms with Crippen molar-refractivity contribution in [2.24, 2.45) is 5.92 Å². The highest BCUT2D eigenvalue weighted by atomic mass is 16.2. The van der Waals surface area contributed by atoms with Gasteiger partial charge in [0, 0.05) is 24.3 Å². The number of likely N-dealkylation sites (N-methyl/N-ethyl adjacent to an activating group) is 1. The summed E-state index contributed by atoms with van der Waals surface area (Å²) in [6, 6.07) is 3.87. The Morgan fingerprint density at radius 1 is 1.07 bits per heavy atom. The number of benzene rings is 1. The van der Waals surface area contributed by atoms with Crippen LogP contribution in [-0.4, -0.2) is 59.0 Å². The summed E-state index contributed by atoms with van der Waals surface area (Å²) < 4.78 is 0. The van der Waals surface area contributed by atoms with E-state index in [4.69, 9.17) is 0 Å². The lowest BCUT2D eigenvalue weighted by atomic mass is 9.85. The number of rotatable bonds is 4. The third-order valence-electron chi connectivity index (χ3n) is 6.26. The number of hydrogen-bond donors (Lipinski definition) is 0. The van der Waals surface area contributed by atoms with Gasteiger partial charge in [0.2, 0.25) is 5.91 Å². The van der Waals surface area contributed by atoms with Gasteiger partial charge in [-0.25, -0.2) is 9.69 Å². The Bertz CT molecular complexity index is 940. The predicted octanol–water partition coefficient (Wildman–Crippen LogP) is 1.76. The maximum atomic E-state index is 12.8. The second-order valence-electron chi connectivity index (χ2n) is 8.07.